The molecule has 202 valence electrons. The van der Waals surface area contributed by atoms with Crippen molar-refractivity contribution in [2.45, 2.75) is 12.5 Å². The highest BCUT2D eigenvalue weighted by atomic mass is 31.1. The van der Waals surface area contributed by atoms with E-state index in [9.17, 15) is 4.57 Å². The van der Waals surface area contributed by atoms with E-state index in [0.29, 0.717) is 0 Å². The van der Waals surface area contributed by atoms with E-state index in [1.54, 1.807) is 14.2 Å². The lowest BCUT2D eigenvalue weighted by molar-refractivity contribution is -0.0758. The van der Waals surface area contributed by atoms with Crippen molar-refractivity contribution in [3.63, 3.8) is 0 Å². The molecule has 0 saturated heterocycles. The standard InChI is InChI=1S/C30H35O7P/c1-6-20-35-21-29(2,23-37-38(31)34-5)22-36-30(24-10-8-7-9-11-24,25-12-16-27(32-3)17-13-25)26-14-18-28(33-4)19-15-26/h1,7-19,38H,20-23H2,2-5H3. The number of hydrogen-bond acceptors (Lipinski definition) is 7. The highest BCUT2D eigenvalue weighted by molar-refractivity contribution is 7.33. The van der Waals surface area contributed by atoms with E-state index >= 15 is 0 Å². The summed E-state index contributed by atoms with van der Waals surface area (Å²) in [4.78, 5) is 0. The zero-order chi connectivity index (χ0) is 27.4. The van der Waals surface area contributed by atoms with Crippen molar-refractivity contribution in [3.8, 4) is 23.8 Å². The number of hydrogen-bond donors (Lipinski definition) is 0. The first-order valence-corrected chi connectivity index (χ1v) is 13.3. The summed E-state index contributed by atoms with van der Waals surface area (Å²) >= 11 is 0. The molecule has 3 aromatic carbocycles. The molecule has 0 radical (unpaired) electrons. The van der Waals surface area contributed by atoms with Gasteiger partial charge in [-0.2, -0.15) is 0 Å². The monoisotopic (exact) mass is 538 g/mol. The molecule has 0 N–H and O–H groups in total. The van der Waals surface area contributed by atoms with E-state index in [2.05, 4.69) is 5.92 Å². The predicted molar refractivity (Wildman–Crippen MR) is 148 cm³/mol. The molecule has 8 heteroatoms. The van der Waals surface area contributed by atoms with Gasteiger partial charge in [-0.1, -0.05) is 67.4 Å². The van der Waals surface area contributed by atoms with Gasteiger partial charge in [-0.3, -0.25) is 4.57 Å². The van der Waals surface area contributed by atoms with Gasteiger partial charge in [0.1, 0.15) is 23.7 Å². The topological polar surface area (TPSA) is 72.5 Å². The Hall–Kier alpha value is -3.11. The van der Waals surface area contributed by atoms with Crippen LogP contribution in [0.15, 0.2) is 78.9 Å². The lowest BCUT2D eigenvalue weighted by atomic mass is 9.79. The number of benzene rings is 3. The average Bonchev–Trinajstić information content (AvgIpc) is 2.97. The van der Waals surface area contributed by atoms with E-state index in [1.807, 2.05) is 85.8 Å². The van der Waals surface area contributed by atoms with E-state index in [-0.39, 0.29) is 26.4 Å². The van der Waals surface area contributed by atoms with Gasteiger partial charge in [0.15, 0.2) is 0 Å². The van der Waals surface area contributed by atoms with Crippen LogP contribution in [0.3, 0.4) is 0 Å². The van der Waals surface area contributed by atoms with Crippen molar-refractivity contribution in [1.82, 2.24) is 0 Å². The fourth-order valence-corrected chi connectivity index (χ4v) is 4.71. The third-order valence-corrected chi connectivity index (χ3v) is 6.86. The maximum Gasteiger partial charge on any atom is 0.318 e. The molecule has 0 amide bonds. The molecular formula is C30H35O7P. The molecule has 0 aliphatic rings. The molecule has 2 atom stereocenters. The van der Waals surface area contributed by atoms with Crippen LogP contribution >= 0.6 is 8.25 Å². The largest absolute Gasteiger partial charge is 0.497 e. The molecule has 38 heavy (non-hydrogen) atoms. The van der Waals surface area contributed by atoms with Gasteiger partial charge in [-0.25, -0.2) is 0 Å². The second-order valence-electron chi connectivity index (χ2n) is 9.04. The second kappa shape index (κ2) is 14.2. The Morgan fingerprint density at radius 2 is 1.29 bits per heavy atom. The van der Waals surface area contributed by atoms with Crippen LogP contribution in [0.25, 0.3) is 0 Å². The van der Waals surface area contributed by atoms with E-state index < -0.39 is 19.3 Å². The third kappa shape index (κ3) is 7.26. The first-order chi connectivity index (χ1) is 18.4. The number of rotatable bonds is 15. The highest BCUT2D eigenvalue weighted by Crippen LogP contribution is 2.43. The minimum atomic E-state index is -2.64. The fraction of sp³-hybridized carbons (Fsp3) is 0.333. The van der Waals surface area contributed by atoms with Gasteiger partial charge in [-0.15, -0.1) is 6.42 Å². The Morgan fingerprint density at radius 3 is 1.76 bits per heavy atom. The summed E-state index contributed by atoms with van der Waals surface area (Å²) in [7, 11) is 1.96. The SMILES string of the molecule is C#CCOCC(C)(CO[PH](=O)OC)COC(c1ccccc1)(c1ccc(OC)cc1)c1ccc(OC)cc1. The Labute approximate surface area is 225 Å². The molecule has 0 saturated carbocycles. The minimum Gasteiger partial charge on any atom is -0.497 e. The first kappa shape index (κ1) is 29.4. The number of terminal acetylenes is 1. The molecule has 3 aromatic rings. The zero-order valence-electron chi connectivity index (χ0n) is 22.3. The van der Waals surface area contributed by atoms with Crippen LogP contribution in [0.1, 0.15) is 23.6 Å². The predicted octanol–water partition coefficient (Wildman–Crippen LogP) is 5.72. The van der Waals surface area contributed by atoms with Crippen molar-refractivity contribution in [2.75, 3.05) is 47.8 Å². The summed E-state index contributed by atoms with van der Waals surface area (Å²) < 4.78 is 45.8. The van der Waals surface area contributed by atoms with Gasteiger partial charge in [0.05, 0.1) is 34.0 Å². The van der Waals surface area contributed by atoms with Gasteiger partial charge >= 0.3 is 8.25 Å². The van der Waals surface area contributed by atoms with Crippen molar-refractivity contribution in [1.29, 1.82) is 0 Å². The Balaban J connectivity index is 2.13. The number of methoxy groups -OCH3 is 2. The molecular weight excluding hydrogens is 503 g/mol. The van der Waals surface area contributed by atoms with Gasteiger partial charge in [0, 0.05) is 12.5 Å². The second-order valence-corrected chi connectivity index (χ2v) is 10.2. The van der Waals surface area contributed by atoms with Crippen LogP contribution in [0, 0.1) is 17.8 Å². The molecule has 0 spiro atoms. The van der Waals surface area contributed by atoms with Gasteiger partial charge in [0.25, 0.3) is 0 Å². The molecule has 0 fully saturated rings. The van der Waals surface area contributed by atoms with Crippen LogP contribution in [-0.2, 0) is 28.7 Å². The van der Waals surface area contributed by atoms with Crippen LogP contribution in [-0.4, -0.2) is 47.8 Å². The molecule has 2 unspecified atom stereocenters. The lowest BCUT2D eigenvalue weighted by Crippen LogP contribution is -2.40. The van der Waals surface area contributed by atoms with Gasteiger partial charge in [0.2, 0.25) is 0 Å². The van der Waals surface area contributed by atoms with E-state index in [4.69, 9.17) is 34.4 Å². The molecule has 7 nitrogen and oxygen atoms in total. The zero-order valence-corrected chi connectivity index (χ0v) is 23.3. The fourth-order valence-electron chi connectivity index (χ4n) is 4.13. The maximum atomic E-state index is 12.0. The van der Waals surface area contributed by atoms with Crippen LogP contribution < -0.4 is 9.47 Å². The minimum absolute atomic E-state index is 0.0826. The number of ether oxygens (including phenoxy) is 4. The molecule has 0 aliphatic heterocycles. The normalized spacial score (nSPS) is 13.8. The van der Waals surface area contributed by atoms with Crippen molar-refractivity contribution in [3.05, 3.63) is 95.6 Å². The van der Waals surface area contributed by atoms with E-state index in [1.165, 1.54) is 7.11 Å². The van der Waals surface area contributed by atoms with Gasteiger partial charge in [-0.05, 0) is 41.0 Å². The lowest BCUT2D eigenvalue weighted by Gasteiger charge is -2.39. The quantitative estimate of drug-likeness (QED) is 0.106. The Kier molecular flexibility index (Phi) is 11.0. The Morgan fingerprint density at radius 1 is 0.763 bits per heavy atom. The molecule has 3 rings (SSSR count). The summed E-state index contributed by atoms with van der Waals surface area (Å²) in [6.07, 6.45) is 5.40. The summed E-state index contributed by atoms with van der Waals surface area (Å²) in [6, 6.07) is 25.5. The maximum absolute atomic E-state index is 12.0. The summed E-state index contributed by atoms with van der Waals surface area (Å²) in [5, 5.41) is 0. The van der Waals surface area contributed by atoms with Gasteiger partial charge < -0.3 is 28.0 Å². The molecule has 0 heterocycles. The van der Waals surface area contributed by atoms with Crippen LogP contribution in [0.5, 0.6) is 11.5 Å². The third-order valence-electron chi connectivity index (χ3n) is 6.15. The van der Waals surface area contributed by atoms with Crippen molar-refractivity contribution >= 4 is 8.25 Å². The summed E-state index contributed by atoms with van der Waals surface area (Å²) in [5.41, 5.74) is 1.00. The van der Waals surface area contributed by atoms with E-state index in [0.717, 1.165) is 28.2 Å². The van der Waals surface area contributed by atoms with Crippen LogP contribution in [0.2, 0.25) is 0 Å². The smallest absolute Gasteiger partial charge is 0.318 e. The van der Waals surface area contributed by atoms with Crippen molar-refractivity contribution in [2.24, 2.45) is 5.41 Å². The highest BCUT2D eigenvalue weighted by Gasteiger charge is 2.40. The summed E-state index contributed by atoms with van der Waals surface area (Å²) in [6.45, 7) is 2.57. The Bertz CT molecular complexity index is 1140. The molecule has 0 bridgehead atoms. The first-order valence-electron chi connectivity index (χ1n) is 12.1. The van der Waals surface area contributed by atoms with Crippen LogP contribution in [0.4, 0.5) is 0 Å². The molecule has 0 aromatic heterocycles. The molecule has 0 aliphatic carbocycles. The average molecular weight is 539 g/mol. The van der Waals surface area contributed by atoms with Crippen molar-refractivity contribution < 1.29 is 32.6 Å². The summed E-state index contributed by atoms with van der Waals surface area (Å²) in [5.74, 6) is 3.95.